The Morgan fingerprint density at radius 2 is 2.04 bits per heavy atom. The minimum absolute atomic E-state index is 0.143. The van der Waals surface area contributed by atoms with Gasteiger partial charge in [0, 0.05) is 28.1 Å². The van der Waals surface area contributed by atoms with Crippen molar-refractivity contribution >= 4 is 23.6 Å². The van der Waals surface area contributed by atoms with E-state index in [4.69, 9.17) is 11.6 Å². The summed E-state index contributed by atoms with van der Waals surface area (Å²) < 4.78 is 2.08. The van der Waals surface area contributed by atoms with Gasteiger partial charge in [-0.2, -0.15) is 5.26 Å². The molecular formula is C23H26ClN3O. The van der Waals surface area contributed by atoms with Crippen molar-refractivity contribution in [3.63, 3.8) is 0 Å². The van der Waals surface area contributed by atoms with Crippen LogP contribution in [0, 0.1) is 31.1 Å². The molecule has 1 aromatic carbocycles. The second-order valence-corrected chi connectivity index (χ2v) is 8.09. The summed E-state index contributed by atoms with van der Waals surface area (Å²) in [7, 11) is 0. The summed E-state index contributed by atoms with van der Waals surface area (Å²) >= 11 is 6.14. The van der Waals surface area contributed by atoms with Gasteiger partial charge in [0.1, 0.15) is 11.6 Å². The van der Waals surface area contributed by atoms with Gasteiger partial charge in [0.25, 0.3) is 5.91 Å². The maximum atomic E-state index is 12.7. The summed E-state index contributed by atoms with van der Waals surface area (Å²) in [5.74, 6) is 0.166. The van der Waals surface area contributed by atoms with Gasteiger partial charge in [0.05, 0.1) is 0 Å². The van der Waals surface area contributed by atoms with Crippen molar-refractivity contribution < 1.29 is 4.79 Å². The molecule has 1 aromatic heterocycles. The molecule has 5 heteroatoms. The molecule has 4 nitrogen and oxygen atoms in total. The van der Waals surface area contributed by atoms with Crippen LogP contribution in [-0.2, 0) is 4.79 Å². The van der Waals surface area contributed by atoms with Crippen molar-refractivity contribution in [2.45, 2.75) is 52.5 Å². The lowest BCUT2D eigenvalue weighted by Gasteiger charge is -2.29. The highest BCUT2D eigenvalue weighted by molar-refractivity contribution is 6.30. The molecule has 1 heterocycles. The Morgan fingerprint density at radius 3 is 2.71 bits per heavy atom. The summed E-state index contributed by atoms with van der Waals surface area (Å²) in [6.07, 6.45) is 6.13. The van der Waals surface area contributed by atoms with Crippen LogP contribution >= 0.6 is 11.6 Å². The van der Waals surface area contributed by atoms with Crippen molar-refractivity contribution in [3.8, 4) is 11.8 Å². The molecule has 0 bridgehead atoms. The second-order valence-electron chi connectivity index (χ2n) is 7.65. The van der Waals surface area contributed by atoms with Crippen LogP contribution < -0.4 is 5.32 Å². The Bertz CT molecular complexity index is 951. The third kappa shape index (κ3) is 4.31. The summed E-state index contributed by atoms with van der Waals surface area (Å²) in [6, 6.07) is 11.9. The number of hydrogen-bond acceptors (Lipinski definition) is 2. The van der Waals surface area contributed by atoms with E-state index in [0.29, 0.717) is 10.9 Å². The average Bonchev–Trinajstić information content (AvgIpc) is 2.94. The van der Waals surface area contributed by atoms with E-state index in [0.717, 1.165) is 41.9 Å². The normalized spacial score (nSPS) is 19.9. The molecule has 1 N–H and O–H groups in total. The van der Waals surface area contributed by atoms with E-state index in [1.54, 1.807) is 6.08 Å². The summed E-state index contributed by atoms with van der Waals surface area (Å²) in [6.45, 7) is 6.15. The van der Waals surface area contributed by atoms with Crippen LogP contribution in [-0.4, -0.2) is 16.5 Å². The van der Waals surface area contributed by atoms with Crippen LogP contribution in [0.1, 0.15) is 49.6 Å². The smallest absolute Gasteiger partial charge is 0.262 e. The van der Waals surface area contributed by atoms with Crippen LogP contribution in [0.3, 0.4) is 0 Å². The molecule has 1 saturated carbocycles. The predicted molar refractivity (Wildman–Crippen MR) is 113 cm³/mol. The first-order valence-corrected chi connectivity index (χ1v) is 10.2. The van der Waals surface area contributed by atoms with Gasteiger partial charge in [0.15, 0.2) is 0 Å². The van der Waals surface area contributed by atoms with Gasteiger partial charge in [-0.3, -0.25) is 4.79 Å². The molecule has 1 fully saturated rings. The number of rotatable bonds is 4. The number of amides is 1. The predicted octanol–water partition coefficient (Wildman–Crippen LogP) is 5.35. The Labute approximate surface area is 171 Å². The largest absolute Gasteiger partial charge is 0.348 e. The van der Waals surface area contributed by atoms with E-state index >= 15 is 0 Å². The maximum Gasteiger partial charge on any atom is 0.262 e. The topological polar surface area (TPSA) is 57.8 Å². The molecular weight excluding hydrogens is 370 g/mol. The first-order chi connectivity index (χ1) is 13.4. The van der Waals surface area contributed by atoms with Crippen molar-refractivity contribution in [2.24, 2.45) is 5.92 Å². The molecule has 1 aliphatic rings. The third-order valence-electron chi connectivity index (χ3n) is 5.63. The van der Waals surface area contributed by atoms with E-state index in [9.17, 15) is 10.1 Å². The monoisotopic (exact) mass is 395 g/mol. The SMILES string of the molecule is Cc1cc(/C=C(\C#N)C(=O)N[C@@H]2CCCC[C@H]2C)c(C)n1-c1cccc(Cl)c1. The quantitative estimate of drug-likeness (QED) is 0.560. The number of hydrogen-bond donors (Lipinski definition) is 1. The number of halogens is 1. The van der Waals surface area contributed by atoms with Gasteiger partial charge in [-0.1, -0.05) is 37.4 Å². The minimum atomic E-state index is -0.284. The minimum Gasteiger partial charge on any atom is -0.348 e. The van der Waals surface area contributed by atoms with Crippen LogP contribution in [0.5, 0.6) is 0 Å². The zero-order valence-electron chi connectivity index (χ0n) is 16.6. The van der Waals surface area contributed by atoms with Crippen LogP contribution in [0.4, 0.5) is 0 Å². The van der Waals surface area contributed by atoms with E-state index in [2.05, 4.69) is 22.9 Å². The van der Waals surface area contributed by atoms with E-state index in [1.807, 2.05) is 44.2 Å². The zero-order valence-corrected chi connectivity index (χ0v) is 17.4. The lowest BCUT2D eigenvalue weighted by atomic mass is 9.86. The first kappa shape index (κ1) is 20.2. The molecule has 0 radical (unpaired) electrons. The van der Waals surface area contributed by atoms with Gasteiger partial charge in [-0.25, -0.2) is 0 Å². The van der Waals surface area contributed by atoms with Crippen LogP contribution in [0.25, 0.3) is 11.8 Å². The van der Waals surface area contributed by atoms with Crippen molar-refractivity contribution in [1.29, 1.82) is 5.26 Å². The molecule has 2 aromatic rings. The third-order valence-corrected chi connectivity index (χ3v) is 5.86. The molecule has 0 saturated heterocycles. The highest BCUT2D eigenvalue weighted by Gasteiger charge is 2.24. The summed E-state index contributed by atoms with van der Waals surface area (Å²) in [5.41, 5.74) is 3.95. The fraction of sp³-hybridized carbons (Fsp3) is 0.391. The number of nitrogens with zero attached hydrogens (tertiary/aromatic N) is 2. The Morgan fingerprint density at radius 1 is 1.29 bits per heavy atom. The molecule has 3 rings (SSSR count). The lowest BCUT2D eigenvalue weighted by molar-refractivity contribution is -0.118. The molecule has 146 valence electrons. The molecule has 2 atom stereocenters. The van der Waals surface area contributed by atoms with Crippen molar-refractivity contribution in [3.05, 3.63) is 57.9 Å². The number of nitrogens with one attached hydrogen (secondary N) is 1. The van der Waals surface area contributed by atoms with Gasteiger partial charge < -0.3 is 9.88 Å². The van der Waals surface area contributed by atoms with Gasteiger partial charge >= 0.3 is 0 Å². The van der Waals surface area contributed by atoms with Crippen LogP contribution in [0.2, 0.25) is 5.02 Å². The molecule has 28 heavy (non-hydrogen) atoms. The van der Waals surface area contributed by atoms with E-state index in [1.165, 1.54) is 6.42 Å². The first-order valence-electron chi connectivity index (χ1n) is 9.78. The number of carbonyl (C=O) groups is 1. The number of carbonyl (C=O) groups excluding carboxylic acids is 1. The number of nitriles is 1. The standard InChI is InChI=1S/C23H26ClN3O/c1-15-7-4-5-10-22(15)26-23(28)19(14-25)12-18-11-16(2)27(17(18)3)21-9-6-8-20(24)13-21/h6,8-9,11-13,15,22H,4-5,7,10H2,1-3H3,(H,26,28)/b19-12+/t15-,22-/m1/s1. The molecule has 1 amide bonds. The van der Waals surface area contributed by atoms with Gasteiger partial charge in [-0.05, 0) is 68.5 Å². The molecule has 1 aliphatic carbocycles. The Kier molecular flexibility index (Phi) is 6.26. The maximum absolute atomic E-state index is 12.7. The van der Waals surface area contributed by atoms with Gasteiger partial charge in [0.2, 0.25) is 0 Å². The lowest BCUT2D eigenvalue weighted by Crippen LogP contribution is -2.41. The highest BCUT2D eigenvalue weighted by Crippen LogP contribution is 2.26. The number of aryl methyl sites for hydroxylation is 1. The van der Waals surface area contributed by atoms with Gasteiger partial charge in [-0.15, -0.1) is 0 Å². The Balaban J connectivity index is 1.88. The molecule has 0 unspecified atom stereocenters. The van der Waals surface area contributed by atoms with Crippen molar-refractivity contribution in [1.82, 2.24) is 9.88 Å². The highest BCUT2D eigenvalue weighted by atomic mass is 35.5. The van der Waals surface area contributed by atoms with E-state index in [-0.39, 0.29) is 17.5 Å². The second kappa shape index (κ2) is 8.67. The van der Waals surface area contributed by atoms with Crippen LogP contribution in [0.15, 0.2) is 35.9 Å². The number of aromatic nitrogens is 1. The average molecular weight is 396 g/mol. The Hall–Kier alpha value is -2.51. The molecule has 0 spiro atoms. The summed E-state index contributed by atoms with van der Waals surface area (Å²) in [4.78, 5) is 12.7. The molecule has 0 aliphatic heterocycles. The fourth-order valence-corrected chi connectivity index (χ4v) is 4.21. The summed E-state index contributed by atoms with van der Waals surface area (Å²) in [5, 5.41) is 13.3. The fourth-order valence-electron chi connectivity index (χ4n) is 4.03. The zero-order chi connectivity index (χ0) is 20.3. The van der Waals surface area contributed by atoms with Crippen molar-refractivity contribution in [2.75, 3.05) is 0 Å². The number of benzene rings is 1. The van der Waals surface area contributed by atoms with E-state index < -0.39 is 0 Å².